The first-order valence-electron chi connectivity index (χ1n) is 3.67. The van der Waals surface area contributed by atoms with Crippen molar-refractivity contribution in [2.75, 3.05) is 6.26 Å². The fraction of sp³-hybridized carbons (Fsp3) is 0.111. The highest BCUT2D eigenvalue weighted by molar-refractivity contribution is 9.11. The van der Waals surface area contributed by atoms with Crippen LogP contribution in [0.1, 0.15) is 0 Å². The highest BCUT2D eigenvalue weighted by Gasteiger charge is 2.06. The normalized spacial score (nSPS) is 10.9. The molecule has 2 aromatic rings. The van der Waals surface area contributed by atoms with Crippen LogP contribution in [-0.4, -0.2) is 11.4 Å². The number of rotatable bonds is 1. The maximum Gasteiger partial charge on any atom is 0.118 e. The third-order valence-corrected chi connectivity index (χ3v) is 4.14. The smallest absolute Gasteiger partial charge is 0.118 e. The van der Waals surface area contributed by atoms with Crippen LogP contribution in [0.2, 0.25) is 0 Å². The van der Waals surface area contributed by atoms with Crippen molar-refractivity contribution in [3.05, 3.63) is 22.0 Å². The van der Waals surface area contributed by atoms with E-state index in [4.69, 9.17) is 0 Å². The van der Waals surface area contributed by atoms with Gasteiger partial charge in [-0.05, 0) is 40.4 Å². The minimum Gasteiger partial charge on any atom is -0.508 e. The quantitative estimate of drug-likeness (QED) is 0.791. The standard InChI is InChI=1S/C9H7BrOS2/c1-12-7-2-5(11)3-8-6(7)4-9(10)13-8/h2-4,11H,1H3. The number of thioether (sulfide) groups is 1. The van der Waals surface area contributed by atoms with Crippen molar-refractivity contribution < 1.29 is 5.11 Å². The summed E-state index contributed by atoms with van der Waals surface area (Å²) >= 11 is 6.73. The third-order valence-electron chi connectivity index (χ3n) is 1.77. The molecule has 0 aliphatic heterocycles. The number of benzene rings is 1. The second-order valence-electron chi connectivity index (χ2n) is 2.61. The number of aromatic hydroxyl groups is 1. The van der Waals surface area contributed by atoms with Crippen LogP contribution in [0.4, 0.5) is 0 Å². The molecule has 0 bridgehead atoms. The SMILES string of the molecule is CSc1cc(O)cc2sc(Br)cc12. The average Bonchev–Trinajstić information content (AvgIpc) is 2.43. The monoisotopic (exact) mass is 274 g/mol. The second kappa shape index (κ2) is 3.52. The van der Waals surface area contributed by atoms with Gasteiger partial charge in [-0.25, -0.2) is 0 Å². The first-order chi connectivity index (χ1) is 6.20. The van der Waals surface area contributed by atoms with Crippen molar-refractivity contribution in [1.29, 1.82) is 0 Å². The van der Waals surface area contributed by atoms with E-state index >= 15 is 0 Å². The lowest BCUT2D eigenvalue weighted by Crippen LogP contribution is -1.71. The molecule has 0 fully saturated rings. The van der Waals surface area contributed by atoms with Crippen LogP contribution in [0.3, 0.4) is 0 Å². The zero-order chi connectivity index (χ0) is 9.42. The van der Waals surface area contributed by atoms with E-state index in [-0.39, 0.29) is 0 Å². The zero-order valence-corrected chi connectivity index (χ0v) is 10.1. The zero-order valence-electron chi connectivity index (χ0n) is 6.87. The van der Waals surface area contributed by atoms with Gasteiger partial charge < -0.3 is 5.11 Å². The molecule has 13 heavy (non-hydrogen) atoms. The van der Waals surface area contributed by atoms with Gasteiger partial charge >= 0.3 is 0 Å². The van der Waals surface area contributed by atoms with E-state index in [9.17, 15) is 5.11 Å². The van der Waals surface area contributed by atoms with Crippen LogP contribution in [0.15, 0.2) is 26.9 Å². The van der Waals surface area contributed by atoms with Gasteiger partial charge in [-0.2, -0.15) is 0 Å². The van der Waals surface area contributed by atoms with Crippen molar-refractivity contribution >= 4 is 49.1 Å². The summed E-state index contributed by atoms with van der Waals surface area (Å²) < 4.78 is 2.22. The minimum atomic E-state index is 0.339. The Kier molecular flexibility index (Phi) is 2.53. The summed E-state index contributed by atoms with van der Waals surface area (Å²) in [5, 5.41) is 10.6. The van der Waals surface area contributed by atoms with Crippen molar-refractivity contribution in [3.8, 4) is 5.75 Å². The molecule has 0 aliphatic rings. The Morgan fingerprint density at radius 1 is 1.38 bits per heavy atom. The highest BCUT2D eigenvalue weighted by Crippen LogP contribution is 2.37. The number of halogens is 1. The Balaban J connectivity index is 2.80. The van der Waals surface area contributed by atoms with E-state index in [0.29, 0.717) is 5.75 Å². The van der Waals surface area contributed by atoms with E-state index in [1.54, 1.807) is 35.2 Å². The third kappa shape index (κ3) is 1.71. The van der Waals surface area contributed by atoms with Gasteiger partial charge in [0, 0.05) is 15.0 Å². The van der Waals surface area contributed by atoms with Crippen molar-refractivity contribution in [2.45, 2.75) is 4.90 Å². The molecule has 0 atom stereocenters. The lowest BCUT2D eigenvalue weighted by molar-refractivity contribution is 0.475. The maximum absolute atomic E-state index is 9.43. The summed E-state index contributed by atoms with van der Waals surface area (Å²) in [5.74, 6) is 0.339. The van der Waals surface area contributed by atoms with E-state index in [2.05, 4.69) is 22.0 Å². The lowest BCUT2D eigenvalue weighted by atomic mass is 10.2. The first-order valence-corrected chi connectivity index (χ1v) is 6.50. The molecule has 0 saturated heterocycles. The van der Waals surface area contributed by atoms with Crippen LogP contribution in [0.25, 0.3) is 10.1 Å². The van der Waals surface area contributed by atoms with Crippen molar-refractivity contribution in [3.63, 3.8) is 0 Å². The van der Waals surface area contributed by atoms with E-state index < -0.39 is 0 Å². The fourth-order valence-electron chi connectivity index (χ4n) is 1.23. The van der Waals surface area contributed by atoms with Crippen LogP contribution >= 0.6 is 39.0 Å². The van der Waals surface area contributed by atoms with E-state index in [1.807, 2.05) is 6.26 Å². The summed E-state index contributed by atoms with van der Waals surface area (Å²) in [6.07, 6.45) is 2.01. The molecule has 2 rings (SSSR count). The first kappa shape index (κ1) is 9.37. The molecule has 1 heterocycles. The summed E-state index contributed by atoms with van der Waals surface area (Å²) in [7, 11) is 0. The Hall–Kier alpha value is -0.190. The van der Waals surface area contributed by atoms with Crippen LogP contribution in [0.5, 0.6) is 5.75 Å². The molecule has 0 radical (unpaired) electrons. The maximum atomic E-state index is 9.43. The topological polar surface area (TPSA) is 20.2 Å². The number of hydrogen-bond acceptors (Lipinski definition) is 3. The number of phenols is 1. The molecular formula is C9H7BrOS2. The molecule has 68 valence electrons. The Labute approximate surface area is 92.9 Å². The summed E-state index contributed by atoms with van der Waals surface area (Å²) in [6.45, 7) is 0. The number of fused-ring (bicyclic) bond motifs is 1. The Morgan fingerprint density at radius 2 is 2.15 bits per heavy atom. The highest BCUT2D eigenvalue weighted by atomic mass is 79.9. The van der Waals surface area contributed by atoms with Crippen LogP contribution in [0, 0.1) is 0 Å². The lowest BCUT2D eigenvalue weighted by Gasteiger charge is -1.99. The molecule has 0 amide bonds. The van der Waals surface area contributed by atoms with Gasteiger partial charge in [-0.3, -0.25) is 0 Å². The molecule has 1 N–H and O–H groups in total. The van der Waals surface area contributed by atoms with E-state index in [0.717, 1.165) is 13.4 Å². The fourth-order valence-corrected chi connectivity index (χ4v) is 3.52. The van der Waals surface area contributed by atoms with Gasteiger partial charge in [-0.15, -0.1) is 23.1 Å². The van der Waals surface area contributed by atoms with Gasteiger partial charge in [0.1, 0.15) is 5.75 Å². The minimum absolute atomic E-state index is 0.339. The van der Waals surface area contributed by atoms with Gasteiger partial charge in [0.15, 0.2) is 0 Å². The summed E-state index contributed by atoms with van der Waals surface area (Å²) in [6, 6.07) is 5.68. The molecule has 0 unspecified atom stereocenters. The van der Waals surface area contributed by atoms with Crippen molar-refractivity contribution in [2.24, 2.45) is 0 Å². The molecule has 0 saturated carbocycles. The van der Waals surface area contributed by atoms with Gasteiger partial charge in [0.2, 0.25) is 0 Å². The van der Waals surface area contributed by atoms with Gasteiger partial charge in [-0.1, -0.05) is 0 Å². The van der Waals surface area contributed by atoms with Crippen LogP contribution < -0.4 is 0 Å². The predicted molar refractivity (Wildman–Crippen MR) is 63.0 cm³/mol. The average molecular weight is 275 g/mol. The van der Waals surface area contributed by atoms with Crippen LogP contribution in [-0.2, 0) is 0 Å². The number of hydrogen-bond donors (Lipinski definition) is 1. The number of phenolic OH excluding ortho intramolecular Hbond substituents is 1. The van der Waals surface area contributed by atoms with E-state index in [1.165, 1.54) is 5.39 Å². The molecule has 1 aromatic carbocycles. The molecule has 0 spiro atoms. The Bertz CT molecular complexity index is 450. The summed E-state index contributed by atoms with van der Waals surface area (Å²) in [4.78, 5) is 1.12. The van der Waals surface area contributed by atoms with Gasteiger partial charge in [0.25, 0.3) is 0 Å². The Morgan fingerprint density at radius 3 is 2.85 bits per heavy atom. The summed E-state index contributed by atoms with van der Waals surface area (Å²) in [5.41, 5.74) is 0. The molecule has 1 aromatic heterocycles. The molecule has 1 nitrogen and oxygen atoms in total. The van der Waals surface area contributed by atoms with Gasteiger partial charge in [0.05, 0.1) is 3.79 Å². The molecule has 4 heteroatoms. The molecular weight excluding hydrogens is 268 g/mol. The molecule has 0 aliphatic carbocycles. The second-order valence-corrected chi connectivity index (χ2v) is 5.92. The van der Waals surface area contributed by atoms with Crippen molar-refractivity contribution in [1.82, 2.24) is 0 Å². The number of thiophene rings is 1. The largest absolute Gasteiger partial charge is 0.508 e. The predicted octanol–water partition coefficient (Wildman–Crippen LogP) is 4.09.